The number of anilines is 1. The number of pyridine rings is 1. The molecule has 17 heavy (non-hydrogen) atoms. The molecule has 2 N–H and O–H groups in total. The zero-order chi connectivity index (χ0) is 12.3. The van der Waals surface area contributed by atoms with Crippen LogP contribution in [0.5, 0.6) is 0 Å². The van der Waals surface area contributed by atoms with Crippen molar-refractivity contribution in [1.29, 1.82) is 0 Å². The fourth-order valence-corrected chi connectivity index (χ4v) is 2.53. The van der Waals surface area contributed by atoms with Crippen LogP contribution in [0.3, 0.4) is 0 Å². The predicted molar refractivity (Wildman–Crippen MR) is 67.4 cm³/mol. The minimum Gasteiger partial charge on any atom is -0.351 e. The summed E-state index contributed by atoms with van der Waals surface area (Å²) in [4.78, 5) is 6.31. The highest BCUT2D eigenvalue weighted by molar-refractivity contribution is 5.44. The van der Waals surface area contributed by atoms with Gasteiger partial charge in [-0.1, -0.05) is 6.92 Å². The number of piperidine rings is 1. The zero-order valence-corrected chi connectivity index (χ0v) is 10.3. The summed E-state index contributed by atoms with van der Waals surface area (Å²) in [7, 11) is 0. The van der Waals surface area contributed by atoms with Gasteiger partial charge in [0.25, 0.3) is 0 Å². The Morgan fingerprint density at radius 1 is 1.53 bits per heavy atom. The lowest BCUT2D eigenvalue weighted by molar-refractivity contribution is 0.438. The Morgan fingerprint density at radius 2 is 2.35 bits per heavy atom. The van der Waals surface area contributed by atoms with E-state index in [4.69, 9.17) is 5.73 Å². The van der Waals surface area contributed by atoms with Crippen molar-refractivity contribution >= 4 is 5.82 Å². The first-order valence-corrected chi connectivity index (χ1v) is 6.38. The standard InChI is InChI=1S/C13H20FN3/c1-2-11-5-3-4-8-17(11)13-12(14)10(9-15)6-7-16-13/h6-7,11H,2-5,8-9,15H2,1H3. The summed E-state index contributed by atoms with van der Waals surface area (Å²) in [5.41, 5.74) is 6.08. The molecule has 1 aromatic heterocycles. The van der Waals surface area contributed by atoms with E-state index in [9.17, 15) is 4.39 Å². The van der Waals surface area contributed by atoms with Crippen molar-refractivity contribution in [1.82, 2.24) is 4.98 Å². The highest BCUT2D eigenvalue weighted by Crippen LogP contribution is 2.27. The monoisotopic (exact) mass is 237 g/mol. The summed E-state index contributed by atoms with van der Waals surface area (Å²) >= 11 is 0. The Labute approximate surface area is 102 Å². The van der Waals surface area contributed by atoms with Gasteiger partial charge >= 0.3 is 0 Å². The second-order valence-electron chi connectivity index (χ2n) is 4.56. The highest BCUT2D eigenvalue weighted by atomic mass is 19.1. The maximum Gasteiger partial charge on any atom is 0.170 e. The molecule has 1 aromatic rings. The summed E-state index contributed by atoms with van der Waals surface area (Å²) in [6, 6.07) is 2.07. The van der Waals surface area contributed by atoms with E-state index in [2.05, 4.69) is 16.8 Å². The molecule has 3 nitrogen and oxygen atoms in total. The van der Waals surface area contributed by atoms with Crippen molar-refractivity contribution in [3.05, 3.63) is 23.6 Å². The van der Waals surface area contributed by atoms with Gasteiger partial charge in [-0.2, -0.15) is 0 Å². The molecule has 1 saturated heterocycles. The molecule has 1 atom stereocenters. The summed E-state index contributed by atoms with van der Waals surface area (Å²) < 4.78 is 14.2. The van der Waals surface area contributed by atoms with E-state index in [1.807, 2.05) is 0 Å². The van der Waals surface area contributed by atoms with Crippen molar-refractivity contribution in [2.75, 3.05) is 11.4 Å². The van der Waals surface area contributed by atoms with Crippen LogP contribution in [0.15, 0.2) is 12.3 Å². The van der Waals surface area contributed by atoms with Crippen molar-refractivity contribution in [3.8, 4) is 0 Å². The molecule has 1 unspecified atom stereocenters. The lowest BCUT2D eigenvalue weighted by atomic mass is 10.00. The van der Waals surface area contributed by atoms with Crippen LogP contribution in [0.4, 0.5) is 10.2 Å². The van der Waals surface area contributed by atoms with E-state index in [0.717, 1.165) is 25.8 Å². The Bertz CT molecular complexity index is 381. The predicted octanol–water partition coefficient (Wildman–Crippen LogP) is 2.45. The van der Waals surface area contributed by atoms with Gasteiger partial charge in [0, 0.05) is 30.9 Å². The molecule has 2 heterocycles. The van der Waals surface area contributed by atoms with Gasteiger partial charge in [0.15, 0.2) is 11.6 Å². The number of aromatic nitrogens is 1. The lowest BCUT2D eigenvalue weighted by Gasteiger charge is -2.36. The first kappa shape index (κ1) is 12.3. The van der Waals surface area contributed by atoms with E-state index in [1.54, 1.807) is 12.3 Å². The molecular formula is C13H20FN3. The van der Waals surface area contributed by atoms with Crippen LogP contribution >= 0.6 is 0 Å². The first-order valence-electron chi connectivity index (χ1n) is 6.38. The Morgan fingerprint density at radius 3 is 3.06 bits per heavy atom. The minimum absolute atomic E-state index is 0.228. The SMILES string of the molecule is CCC1CCCCN1c1nccc(CN)c1F. The van der Waals surface area contributed by atoms with Gasteiger partial charge in [0.1, 0.15) is 0 Å². The molecule has 4 heteroatoms. The van der Waals surface area contributed by atoms with Gasteiger partial charge in [0.2, 0.25) is 0 Å². The van der Waals surface area contributed by atoms with Gasteiger partial charge in [0.05, 0.1) is 0 Å². The second kappa shape index (κ2) is 5.45. The summed E-state index contributed by atoms with van der Waals surface area (Å²) in [6.45, 7) is 3.27. The average molecular weight is 237 g/mol. The Kier molecular flexibility index (Phi) is 3.94. The molecule has 2 rings (SSSR count). The van der Waals surface area contributed by atoms with Crippen LogP contribution in [-0.4, -0.2) is 17.6 Å². The second-order valence-corrected chi connectivity index (χ2v) is 4.56. The molecule has 94 valence electrons. The van der Waals surface area contributed by atoms with Crippen LogP contribution in [-0.2, 0) is 6.54 Å². The van der Waals surface area contributed by atoms with E-state index >= 15 is 0 Å². The zero-order valence-electron chi connectivity index (χ0n) is 10.3. The van der Waals surface area contributed by atoms with Crippen LogP contribution in [0, 0.1) is 5.82 Å². The summed E-state index contributed by atoms with van der Waals surface area (Å²) in [6.07, 6.45) is 6.16. The first-order chi connectivity index (χ1) is 8.27. The molecule has 0 spiro atoms. The fourth-order valence-electron chi connectivity index (χ4n) is 2.53. The Hall–Kier alpha value is -1.16. The van der Waals surface area contributed by atoms with Crippen molar-refractivity contribution in [3.63, 3.8) is 0 Å². The van der Waals surface area contributed by atoms with Gasteiger partial charge in [-0.3, -0.25) is 0 Å². The average Bonchev–Trinajstić information content (AvgIpc) is 2.39. The lowest BCUT2D eigenvalue weighted by Crippen LogP contribution is -2.40. The molecule has 1 fully saturated rings. The smallest absolute Gasteiger partial charge is 0.170 e. The van der Waals surface area contributed by atoms with Gasteiger partial charge < -0.3 is 10.6 Å². The summed E-state index contributed by atoms with van der Waals surface area (Å²) in [5.74, 6) is 0.245. The van der Waals surface area contributed by atoms with E-state index < -0.39 is 0 Å². The topological polar surface area (TPSA) is 42.2 Å². The molecule has 0 aromatic carbocycles. The number of nitrogens with zero attached hydrogens (tertiary/aromatic N) is 2. The van der Waals surface area contributed by atoms with Crippen LogP contribution in [0.25, 0.3) is 0 Å². The van der Waals surface area contributed by atoms with E-state index in [1.165, 1.54) is 6.42 Å². The van der Waals surface area contributed by atoms with Crippen LogP contribution in [0.2, 0.25) is 0 Å². The number of rotatable bonds is 3. The molecule has 0 saturated carbocycles. The highest BCUT2D eigenvalue weighted by Gasteiger charge is 2.25. The molecule has 0 bridgehead atoms. The van der Waals surface area contributed by atoms with Crippen molar-refractivity contribution in [2.45, 2.75) is 45.2 Å². The molecule has 1 aliphatic heterocycles. The quantitative estimate of drug-likeness (QED) is 0.878. The maximum absolute atomic E-state index is 14.2. The van der Waals surface area contributed by atoms with Gasteiger partial charge in [-0.05, 0) is 31.7 Å². The van der Waals surface area contributed by atoms with Crippen molar-refractivity contribution in [2.24, 2.45) is 5.73 Å². The normalized spacial score (nSPS) is 20.6. The molecule has 0 radical (unpaired) electrons. The number of halogens is 1. The van der Waals surface area contributed by atoms with Crippen molar-refractivity contribution < 1.29 is 4.39 Å². The van der Waals surface area contributed by atoms with E-state index in [-0.39, 0.29) is 12.4 Å². The minimum atomic E-state index is -0.240. The number of hydrogen-bond acceptors (Lipinski definition) is 3. The van der Waals surface area contributed by atoms with Gasteiger partial charge in [-0.15, -0.1) is 0 Å². The molecule has 0 amide bonds. The number of hydrogen-bond donors (Lipinski definition) is 1. The third-order valence-corrected chi connectivity index (χ3v) is 3.54. The van der Waals surface area contributed by atoms with Gasteiger partial charge in [-0.25, -0.2) is 9.37 Å². The molecule has 1 aliphatic rings. The third kappa shape index (κ3) is 2.41. The van der Waals surface area contributed by atoms with Crippen LogP contribution < -0.4 is 10.6 Å². The fraction of sp³-hybridized carbons (Fsp3) is 0.615. The molecule has 0 aliphatic carbocycles. The maximum atomic E-state index is 14.2. The largest absolute Gasteiger partial charge is 0.351 e. The summed E-state index contributed by atoms with van der Waals surface area (Å²) in [5, 5.41) is 0. The molecular weight excluding hydrogens is 217 g/mol. The number of nitrogens with two attached hydrogens (primary N) is 1. The van der Waals surface area contributed by atoms with Crippen LogP contribution in [0.1, 0.15) is 38.2 Å². The van der Waals surface area contributed by atoms with E-state index in [0.29, 0.717) is 17.4 Å². The Balaban J connectivity index is 2.31. The third-order valence-electron chi connectivity index (χ3n) is 3.54.